The predicted octanol–water partition coefficient (Wildman–Crippen LogP) is 4.85. The monoisotopic (exact) mass is 477 g/mol. The molecule has 0 bridgehead atoms. The second-order valence-corrected chi connectivity index (χ2v) is 6.82. The molecule has 2 aromatic heterocycles. The van der Waals surface area contributed by atoms with E-state index in [-0.39, 0.29) is 49.2 Å². The first-order valence-corrected chi connectivity index (χ1v) is 9.10. The number of rotatable bonds is 5. The lowest BCUT2D eigenvalue weighted by Gasteiger charge is -2.31. The molecule has 0 spiro atoms. The van der Waals surface area contributed by atoms with E-state index in [0.717, 1.165) is 35.8 Å². The third-order valence-corrected chi connectivity index (χ3v) is 4.92. The van der Waals surface area contributed by atoms with Gasteiger partial charge >= 0.3 is 0 Å². The quantitative estimate of drug-likeness (QED) is 0.566. The van der Waals surface area contributed by atoms with Gasteiger partial charge in [0.15, 0.2) is 5.82 Å². The molecule has 1 aromatic carbocycles. The summed E-state index contributed by atoms with van der Waals surface area (Å²) in [5.41, 5.74) is 7.54. The van der Waals surface area contributed by atoms with Crippen LogP contribution in [0.3, 0.4) is 0 Å². The summed E-state index contributed by atoms with van der Waals surface area (Å²) in [4.78, 5) is 4.50. The molecular formula is C19H23Cl4N5O. The Balaban J connectivity index is 0.00000140. The van der Waals surface area contributed by atoms with E-state index in [1.165, 1.54) is 0 Å². The van der Waals surface area contributed by atoms with Crippen molar-refractivity contribution in [2.75, 3.05) is 6.61 Å². The molecule has 1 aliphatic carbocycles. The number of halogens is 4. The van der Waals surface area contributed by atoms with Gasteiger partial charge in [-0.3, -0.25) is 4.57 Å². The molecule has 2 N–H and O–H groups in total. The van der Waals surface area contributed by atoms with Gasteiger partial charge < -0.3 is 10.5 Å². The molecule has 6 nitrogen and oxygen atoms in total. The van der Waals surface area contributed by atoms with E-state index < -0.39 is 0 Å². The molecule has 4 rings (SSSR count). The molecule has 29 heavy (non-hydrogen) atoms. The lowest BCUT2D eigenvalue weighted by molar-refractivity contribution is 0.335. The van der Waals surface area contributed by atoms with Crippen LogP contribution in [0.1, 0.15) is 31.5 Å². The molecule has 1 aliphatic rings. The number of hydrogen-bond acceptors (Lipinski definition) is 5. The van der Waals surface area contributed by atoms with Crippen LogP contribution in [0.2, 0.25) is 5.02 Å². The molecule has 0 radical (unpaired) electrons. The topological polar surface area (TPSA) is 78.9 Å². The van der Waals surface area contributed by atoms with Crippen molar-refractivity contribution in [3.63, 3.8) is 0 Å². The Kier molecular flexibility index (Phi) is 9.65. The minimum absolute atomic E-state index is 0. The lowest BCUT2D eigenvalue weighted by atomic mass is 9.80. The molecule has 0 amide bonds. The van der Waals surface area contributed by atoms with Crippen molar-refractivity contribution in [1.29, 1.82) is 0 Å². The van der Waals surface area contributed by atoms with Gasteiger partial charge in [0, 0.05) is 12.0 Å². The zero-order chi connectivity index (χ0) is 18.1. The third-order valence-electron chi connectivity index (χ3n) is 4.60. The van der Waals surface area contributed by atoms with Crippen molar-refractivity contribution >= 4 is 48.8 Å². The van der Waals surface area contributed by atoms with Gasteiger partial charge in [-0.1, -0.05) is 23.7 Å². The number of nitrogens with two attached hydrogens (primary N) is 1. The highest BCUT2D eigenvalue weighted by molar-refractivity contribution is 6.32. The fourth-order valence-corrected chi connectivity index (χ4v) is 3.45. The summed E-state index contributed by atoms with van der Waals surface area (Å²) >= 11 is 6.47. The standard InChI is InChI=1S/C19H20ClN5O.3ClH/c1-2-26-14-7-8-16(22-11-14)19-24-23-18(12-9-13(21)10-12)25(19)17-6-4-3-5-15(17)20;;;/h3-8,11-13H,2,9-10,21H2,1H3;3*1H. The van der Waals surface area contributed by atoms with Crippen molar-refractivity contribution in [3.05, 3.63) is 53.4 Å². The number of aromatic nitrogens is 4. The van der Waals surface area contributed by atoms with Gasteiger partial charge in [-0.15, -0.1) is 47.4 Å². The van der Waals surface area contributed by atoms with Crippen molar-refractivity contribution in [2.24, 2.45) is 5.73 Å². The van der Waals surface area contributed by atoms with Gasteiger partial charge in [0.25, 0.3) is 0 Å². The first-order chi connectivity index (χ1) is 12.7. The van der Waals surface area contributed by atoms with Crippen LogP contribution in [-0.2, 0) is 0 Å². The molecule has 3 aromatic rings. The summed E-state index contributed by atoms with van der Waals surface area (Å²) < 4.78 is 7.47. The molecule has 0 atom stereocenters. The Morgan fingerprint density at radius 2 is 1.83 bits per heavy atom. The van der Waals surface area contributed by atoms with Gasteiger partial charge in [-0.05, 0) is 44.0 Å². The first-order valence-electron chi connectivity index (χ1n) is 8.72. The molecule has 0 saturated heterocycles. The Labute approximate surface area is 193 Å². The average molecular weight is 479 g/mol. The molecule has 1 fully saturated rings. The zero-order valence-corrected chi connectivity index (χ0v) is 18.9. The number of pyridine rings is 1. The predicted molar refractivity (Wildman–Crippen MR) is 122 cm³/mol. The van der Waals surface area contributed by atoms with Crippen molar-refractivity contribution < 1.29 is 4.74 Å². The Hall–Kier alpha value is -1.57. The van der Waals surface area contributed by atoms with Crippen LogP contribution >= 0.6 is 48.8 Å². The molecular weight excluding hydrogens is 456 g/mol. The molecule has 1 saturated carbocycles. The third kappa shape index (κ3) is 5.13. The highest BCUT2D eigenvalue weighted by Gasteiger charge is 2.33. The van der Waals surface area contributed by atoms with Crippen LogP contribution in [0, 0.1) is 0 Å². The van der Waals surface area contributed by atoms with E-state index in [9.17, 15) is 0 Å². The molecule has 2 heterocycles. The fraction of sp³-hybridized carbons (Fsp3) is 0.316. The van der Waals surface area contributed by atoms with Crippen LogP contribution < -0.4 is 10.5 Å². The maximum atomic E-state index is 6.47. The van der Waals surface area contributed by atoms with Gasteiger partial charge in [0.05, 0.1) is 23.5 Å². The minimum Gasteiger partial charge on any atom is -0.492 e. The van der Waals surface area contributed by atoms with Crippen LogP contribution in [0.5, 0.6) is 5.75 Å². The number of para-hydroxylation sites is 1. The van der Waals surface area contributed by atoms with Gasteiger partial charge in [0.2, 0.25) is 0 Å². The van der Waals surface area contributed by atoms with E-state index >= 15 is 0 Å². The second kappa shape index (κ2) is 11.0. The minimum atomic E-state index is 0. The SMILES string of the molecule is CCOc1ccc(-c2nnc(C3CC(N)C3)n2-c2ccccc2Cl)nc1.Cl.Cl.Cl. The Morgan fingerprint density at radius 1 is 1.10 bits per heavy atom. The number of ether oxygens (including phenoxy) is 1. The fourth-order valence-electron chi connectivity index (χ4n) is 3.23. The number of benzene rings is 1. The van der Waals surface area contributed by atoms with Crippen LogP contribution in [0.15, 0.2) is 42.6 Å². The van der Waals surface area contributed by atoms with E-state index in [1.807, 2.05) is 47.9 Å². The van der Waals surface area contributed by atoms with E-state index in [0.29, 0.717) is 17.5 Å². The van der Waals surface area contributed by atoms with Gasteiger partial charge in [0.1, 0.15) is 17.3 Å². The maximum absolute atomic E-state index is 6.47. The summed E-state index contributed by atoms with van der Waals surface area (Å²) in [6.45, 7) is 2.54. The Bertz CT molecular complexity index is 913. The van der Waals surface area contributed by atoms with Crippen LogP contribution in [-0.4, -0.2) is 32.4 Å². The highest BCUT2D eigenvalue weighted by Crippen LogP contribution is 2.38. The van der Waals surface area contributed by atoms with Crippen molar-refractivity contribution in [3.8, 4) is 23.0 Å². The van der Waals surface area contributed by atoms with Crippen molar-refractivity contribution in [2.45, 2.75) is 31.7 Å². The van der Waals surface area contributed by atoms with E-state index in [1.54, 1.807) is 6.20 Å². The summed E-state index contributed by atoms with van der Waals surface area (Å²) in [7, 11) is 0. The molecule has 10 heteroatoms. The number of hydrogen-bond donors (Lipinski definition) is 1. The van der Waals surface area contributed by atoms with Crippen LogP contribution in [0.4, 0.5) is 0 Å². The summed E-state index contributed by atoms with van der Waals surface area (Å²) in [5.74, 6) is 2.55. The zero-order valence-electron chi connectivity index (χ0n) is 15.7. The average Bonchev–Trinajstić information content (AvgIpc) is 3.04. The number of nitrogens with zero attached hydrogens (tertiary/aromatic N) is 4. The normalized spacial score (nSPS) is 17.2. The first kappa shape index (κ1) is 25.5. The lowest BCUT2D eigenvalue weighted by Crippen LogP contribution is -2.36. The highest BCUT2D eigenvalue weighted by atomic mass is 35.5. The van der Waals surface area contributed by atoms with E-state index in [4.69, 9.17) is 22.1 Å². The largest absolute Gasteiger partial charge is 0.492 e. The van der Waals surface area contributed by atoms with Gasteiger partial charge in [-0.25, -0.2) is 4.98 Å². The molecule has 0 aliphatic heterocycles. The molecule has 0 unspecified atom stereocenters. The van der Waals surface area contributed by atoms with Crippen molar-refractivity contribution in [1.82, 2.24) is 19.7 Å². The summed E-state index contributed by atoms with van der Waals surface area (Å²) in [5, 5.41) is 9.51. The second-order valence-electron chi connectivity index (χ2n) is 6.41. The molecule has 158 valence electrons. The smallest absolute Gasteiger partial charge is 0.187 e. The summed E-state index contributed by atoms with van der Waals surface area (Å²) in [6.07, 6.45) is 3.50. The Morgan fingerprint density at radius 3 is 2.41 bits per heavy atom. The van der Waals surface area contributed by atoms with Crippen LogP contribution in [0.25, 0.3) is 17.2 Å². The summed E-state index contributed by atoms with van der Waals surface area (Å²) in [6, 6.07) is 11.7. The maximum Gasteiger partial charge on any atom is 0.187 e. The van der Waals surface area contributed by atoms with Gasteiger partial charge in [-0.2, -0.15) is 0 Å². The van der Waals surface area contributed by atoms with E-state index in [2.05, 4.69) is 15.2 Å².